The summed E-state index contributed by atoms with van der Waals surface area (Å²) in [5.74, 6) is 1.22. The number of aliphatic imine (C=N–C) groups is 1. The summed E-state index contributed by atoms with van der Waals surface area (Å²) in [5.41, 5.74) is 3.04. The summed E-state index contributed by atoms with van der Waals surface area (Å²) in [7, 11) is 3.08. The largest absolute Gasteiger partial charge is 0.494 e. The summed E-state index contributed by atoms with van der Waals surface area (Å²) in [4.78, 5) is 17.2. The SMILES string of the molecule is C=CC(=Nc1c(OC)ccc(C2CCOCC2)c1C)NC(=O)c1ccc(OC)nn1. The number of amides is 1. The fraction of sp³-hybridized carbons (Fsp3) is 0.364. The Kier molecular flexibility index (Phi) is 7.13. The number of methoxy groups -OCH3 is 2. The number of carbonyl (C=O) groups excluding carboxylic acids is 1. The highest BCUT2D eigenvalue weighted by Crippen LogP contribution is 2.39. The zero-order valence-corrected chi connectivity index (χ0v) is 17.5. The Morgan fingerprint density at radius 1 is 1.20 bits per heavy atom. The highest BCUT2D eigenvalue weighted by molar-refractivity contribution is 6.10. The van der Waals surface area contributed by atoms with Crippen LogP contribution in [0.2, 0.25) is 0 Å². The van der Waals surface area contributed by atoms with Gasteiger partial charge in [-0.15, -0.1) is 10.2 Å². The second kappa shape index (κ2) is 9.98. The standard InChI is InChI=1S/C22H26N4O4/c1-5-19(24-22(27)17-7-9-20(29-4)26-25-17)23-21-14(2)16(6-8-18(21)28-3)15-10-12-30-13-11-15/h5-9,15H,1,10-13H2,2-4H3,(H,23,24,27). The van der Waals surface area contributed by atoms with Crippen LogP contribution in [0.15, 0.2) is 41.9 Å². The fourth-order valence-corrected chi connectivity index (χ4v) is 3.42. The lowest BCUT2D eigenvalue weighted by molar-refractivity contribution is 0.0852. The van der Waals surface area contributed by atoms with Gasteiger partial charge >= 0.3 is 0 Å². The first-order chi connectivity index (χ1) is 14.6. The molecule has 1 aliphatic rings. The van der Waals surface area contributed by atoms with Crippen LogP contribution in [0.25, 0.3) is 0 Å². The van der Waals surface area contributed by atoms with Crippen LogP contribution in [-0.4, -0.2) is 49.4 Å². The Labute approximate surface area is 176 Å². The van der Waals surface area contributed by atoms with E-state index in [0.29, 0.717) is 29.1 Å². The average molecular weight is 410 g/mol. The van der Waals surface area contributed by atoms with E-state index in [1.807, 2.05) is 13.0 Å². The van der Waals surface area contributed by atoms with Crippen LogP contribution in [0.1, 0.15) is 40.4 Å². The maximum Gasteiger partial charge on any atom is 0.277 e. The molecular formula is C22H26N4O4. The van der Waals surface area contributed by atoms with Crippen LogP contribution in [0, 0.1) is 6.92 Å². The van der Waals surface area contributed by atoms with Gasteiger partial charge in [0.05, 0.1) is 14.2 Å². The van der Waals surface area contributed by atoms with E-state index in [1.54, 1.807) is 13.2 Å². The molecule has 158 valence electrons. The van der Waals surface area contributed by atoms with Gasteiger partial charge in [-0.3, -0.25) is 4.79 Å². The molecule has 1 aliphatic heterocycles. The quantitative estimate of drug-likeness (QED) is 0.580. The van der Waals surface area contributed by atoms with Gasteiger partial charge in [-0.2, -0.15) is 0 Å². The smallest absolute Gasteiger partial charge is 0.277 e. The summed E-state index contributed by atoms with van der Waals surface area (Å²) < 4.78 is 16.0. The molecule has 1 N–H and O–H groups in total. The molecule has 30 heavy (non-hydrogen) atoms. The fourth-order valence-electron chi connectivity index (χ4n) is 3.42. The Balaban J connectivity index is 1.89. The lowest BCUT2D eigenvalue weighted by Gasteiger charge is -2.25. The van der Waals surface area contributed by atoms with Crippen molar-refractivity contribution in [1.82, 2.24) is 15.5 Å². The Hall–Kier alpha value is -3.26. The molecular weight excluding hydrogens is 384 g/mol. The van der Waals surface area contributed by atoms with Crippen LogP contribution >= 0.6 is 0 Å². The Morgan fingerprint density at radius 3 is 2.57 bits per heavy atom. The maximum atomic E-state index is 12.5. The van der Waals surface area contributed by atoms with E-state index in [1.165, 1.54) is 24.8 Å². The number of carbonyl (C=O) groups is 1. The summed E-state index contributed by atoms with van der Waals surface area (Å²) in [6, 6.07) is 7.09. The first-order valence-electron chi connectivity index (χ1n) is 9.72. The van der Waals surface area contributed by atoms with E-state index in [0.717, 1.165) is 31.6 Å². The van der Waals surface area contributed by atoms with Gasteiger partial charge < -0.3 is 19.5 Å². The summed E-state index contributed by atoms with van der Waals surface area (Å²) >= 11 is 0. The van der Waals surface area contributed by atoms with E-state index in [4.69, 9.17) is 14.2 Å². The van der Waals surface area contributed by atoms with Crippen LogP contribution < -0.4 is 14.8 Å². The van der Waals surface area contributed by atoms with Crippen molar-refractivity contribution in [2.75, 3.05) is 27.4 Å². The number of aromatic nitrogens is 2. The molecule has 0 spiro atoms. The monoisotopic (exact) mass is 410 g/mol. The highest BCUT2D eigenvalue weighted by Gasteiger charge is 2.21. The van der Waals surface area contributed by atoms with Gasteiger partial charge in [-0.05, 0) is 55.0 Å². The molecule has 1 aromatic heterocycles. The van der Waals surface area contributed by atoms with Crippen molar-refractivity contribution in [2.24, 2.45) is 4.99 Å². The molecule has 0 atom stereocenters. The van der Waals surface area contributed by atoms with Crippen molar-refractivity contribution < 1.29 is 19.0 Å². The third-order valence-electron chi connectivity index (χ3n) is 5.07. The van der Waals surface area contributed by atoms with Gasteiger partial charge in [0.1, 0.15) is 17.3 Å². The molecule has 0 bridgehead atoms. The molecule has 0 saturated carbocycles. The van der Waals surface area contributed by atoms with E-state index in [-0.39, 0.29) is 5.69 Å². The number of nitrogens with zero attached hydrogens (tertiary/aromatic N) is 3. The molecule has 1 fully saturated rings. The first-order valence-corrected chi connectivity index (χ1v) is 9.72. The molecule has 0 radical (unpaired) electrons. The number of hydrogen-bond donors (Lipinski definition) is 1. The second-order valence-electron chi connectivity index (χ2n) is 6.83. The zero-order chi connectivity index (χ0) is 21.5. The Bertz CT molecular complexity index is 935. The normalized spacial score (nSPS) is 14.8. The van der Waals surface area contributed by atoms with Crippen LogP contribution in [0.4, 0.5) is 5.69 Å². The first kappa shape index (κ1) is 21.4. The van der Waals surface area contributed by atoms with Gasteiger partial charge in [-0.1, -0.05) is 12.6 Å². The van der Waals surface area contributed by atoms with Crippen LogP contribution in [-0.2, 0) is 4.74 Å². The van der Waals surface area contributed by atoms with Gasteiger partial charge in [-0.25, -0.2) is 4.99 Å². The molecule has 2 aromatic rings. The average Bonchev–Trinajstić information content (AvgIpc) is 2.80. The molecule has 1 saturated heterocycles. The summed E-state index contributed by atoms with van der Waals surface area (Å²) in [6.07, 6.45) is 3.42. The number of ether oxygens (including phenoxy) is 3. The predicted molar refractivity (Wildman–Crippen MR) is 114 cm³/mol. The van der Waals surface area contributed by atoms with Crippen molar-refractivity contribution >= 4 is 17.4 Å². The van der Waals surface area contributed by atoms with Crippen molar-refractivity contribution in [3.8, 4) is 11.6 Å². The highest BCUT2D eigenvalue weighted by atomic mass is 16.5. The lowest BCUT2D eigenvalue weighted by Crippen LogP contribution is -2.29. The number of hydrogen-bond acceptors (Lipinski definition) is 7. The Morgan fingerprint density at radius 2 is 1.97 bits per heavy atom. The lowest BCUT2D eigenvalue weighted by atomic mass is 9.88. The third kappa shape index (κ3) is 4.83. The van der Waals surface area contributed by atoms with Crippen molar-refractivity contribution in [3.05, 3.63) is 53.7 Å². The van der Waals surface area contributed by atoms with E-state index < -0.39 is 5.91 Å². The minimum atomic E-state index is -0.444. The van der Waals surface area contributed by atoms with Gasteiger partial charge in [0.2, 0.25) is 5.88 Å². The molecule has 8 nitrogen and oxygen atoms in total. The summed E-state index contributed by atoms with van der Waals surface area (Å²) in [6.45, 7) is 7.30. The van der Waals surface area contributed by atoms with E-state index in [9.17, 15) is 4.79 Å². The predicted octanol–water partition coefficient (Wildman–Crippen LogP) is 3.34. The van der Waals surface area contributed by atoms with Gasteiger partial charge in [0.25, 0.3) is 5.91 Å². The molecule has 1 aromatic carbocycles. The number of benzene rings is 1. The molecule has 0 unspecified atom stereocenters. The number of amidine groups is 1. The van der Waals surface area contributed by atoms with Gasteiger partial charge in [0, 0.05) is 19.3 Å². The van der Waals surface area contributed by atoms with Crippen LogP contribution in [0.3, 0.4) is 0 Å². The van der Waals surface area contributed by atoms with Crippen molar-refractivity contribution in [2.45, 2.75) is 25.7 Å². The molecule has 3 rings (SSSR count). The molecule has 2 heterocycles. The minimum absolute atomic E-state index is 0.144. The van der Waals surface area contributed by atoms with E-state index in [2.05, 4.69) is 33.2 Å². The molecule has 1 amide bonds. The molecule has 0 aliphatic carbocycles. The van der Waals surface area contributed by atoms with E-state index >= 15 is 0 Å². The maximum absolute atomic E-state index is 12.5. The zero-order valence-electron chi connectivity index (χ0n) is 17.5. The third-order valence-corrected chi connectivity index (χ3v) is 5.07. The topological polar surface area (TPSA) is 94.9 Å². The number of nitrogens with one attached hydrogen (secondary N) is 1. The number of rotatable bonds is 6. The molecule has 8 heteroatoms. The van der Waals surface area contributed by atoms with Gasteiger partial charge in [0.15, 0.2) is 5.69 Å². The van der Waals surface area contributed by atoms with Crippen molar-refractivity contribution in [3.63, 3.8) is 0 Å². The second-order valence-corrected chi connectivity index (χ2v) is 6.83. The van der Waals surface area contributed by atoms with Crippen molar-refractivity contribution in [1.29, 1.82) is 0 Å². The minimum Gasteiger partial charge on any atom is -0.494 e. The van der Waals surface area contributed by atoms with Crippen LogP contribution in [0.5, 0.6) is 11.6 Å². The summed E-state index contributed by atoms with van der Waals surface area (Å²) in [5, 5.41) is 10.4.